The summed E-state index contributed by atoms with van der Waals surface area (Å²) in [4.78, 5) is 14.1. The van der Waals surface area contributed by atoms with Gasteiger partial charge in [-0.05, 0) is 31.0 Å². The van der Waals surface area contributed by atoms with Crippen LogP contribution in [0, 0.1) is 0 Å². The Kier molecular flexibility index (Phi) is 5.83. The minimum atomic E-state index is -0.161. The van der Waals surface area contributed by atoms with E-state index in [2.05, 4.69) is 24.0 Å². The van der Waals surface area contributed by atoms with E-state index in [0.29, 0.717) is 13.1 Å². The van der Waals surface area contributed by atoms with Gasteiger partial charge < -0.3 is 14.6 Å². The Hall–Kier alpha value is -2.49. The van der Waals surface area contributed by atoms with Crippen LogP contribution in [0.25, 0.3) is 0 Å². The van der Waals surface area contributed by atoms with Crippen LogP contribution in [0.2, 0.25) is 0 Å². The summed E-state index contributed by atoms with van der Waals surface area (Å²) < 4.78 is 5.31. The van der Waals surface area contributed by atoms with Crippen LogP contribution in [0.3, 0.4) is 0 Å². The van der Waals surface area contributed by atoms with Crippen LogP contribution in [-0.2, 0) is 6.42 Å². The molecule has 116 valence electrons. The molecule has 1 N–H and O–H groups in total. The minimum Gasteiger partial charge on any atom is -0.467 e. The zero-order valence-corrected chi connectivity index (χ0v) is 12.9. The second kappa shape index (κ2) is 8.08. The van der Waals surface area contributed by atoms with Gasteiger partial charge in [-0.3, -0.25) is 0 Å². The summed E-state index contributed by atoms with van der Waals surface area (Å²) in [6.07, 6.45) is 4.16. The lowest BCUT2D eigenvalue weighted by Crippen LogP contribution is -2.42. The standard InChI is InChI=1S/C18H22N2O2/c1-3-12-20(13-11-16-8-5-4-6-9-16)18(21)19-15(2)17-10-7-14-22-17/h3-10,14-15H,1,11-13H2,2H3,(H,19,21). The van der Waals surface area contributed by atoms with Gasteiger partial charge in [0.25, 0.3) is 0 Å². The monoisotopic (exact) mass is 298 g/mol. The van der Waals surface area contributed by atoms with Crippen molar-refractivity contribution in [2.75, 3.05) is 13.1 Å². The van der Waals surface area contributed by atoms with E-state index in [4.69, 9.17) is 4.42 Å². The van der Waals surface area contributed by atoms with E-state index in [1.165, 1.54) is 5.56 Å². The molecule has 0 aliphatic carbocycles. The number of nitrogens with zero attached hydrogens (tertiary/aromatic N) is 1. The Bertz CT molecular complexity index is 578. The van der Waals surface area contributed by atoms with Crippen molar-refractivity contribution in [3.8, 4) is 0 Å². The molecule has 1 heterocycles. The molecule has 0 aliphatic rings. The van der Waals surface area contributed by atoms with E-state index in [-0.39, 0.29) is 12.1 Å². The van der Waals surface area contributed by atoms with Gasteiger partial charge in [-0.1, -0.05) is 36.4 Å². The predicted molar refractivity (Wildman–Crippen MR) is 87.6 cm³/mol. The van der Waals surface area contributed by atoms with Gasteiger partial charge in [-0.15, -0.1) is 6.58 Å². The molecule has 4 heteroatoms. The van der Waals surface area contributed by atoms with E-state index in [9.17, 15) is 4.79 Å². The molecule has 0 bridgehead atoms. The predicted octanol–water partition coefficient (Wildman–Crippen LogP) is 3.78. The number of rotatable bonds is 7. The van der Waals surface area contributed by atoms with Crippen LogP contribution in [-0.4, -0.2) is 24.0 Å². The fraction of sp³-hybridized carbons (Fsp3) is 0.278. The molecular weight excluding hydrogens is 276 g/mol. The second-order valence-electron chi connectivity index (χ2n) is 5.16. The lowest BCUT2D eigenvalue weighted by molar-refractivity contribution is 0.199. The summed E-state index contributed by atoms with van der Waals surface area (Å²) >= 11 is 0. The molecule has 22 heavy (non-hydrogen) atoms. The van der Waals surface area contributed by atoms with Crippen LogP contribution in [0.4, 0.5) is 4.79 Å². The van der Waals surface area contributed by atoms with Crippen molar-refractivity contribution in [3.05, 3.63) is 72.7 Å². The zero-order valence-electron chi connectivity index (χ0n) is 12.9. The van der Waals surface area contributed by atoms with Crippen molar-refractivity contribution in [2.24, 2.45) is 0 Å². The Morgan fingerprint density at radius 3 is 2.73 bits per heavy atom. The SMILES string of the molecule is C=CCN(CCc1ccccc1)C(=O)NC(C)c1ccco1. The maximum atomic E-state index is 12.4. The molecule has 0 fully saturated rings. The summed E-state index contributed by atoms with van der Waals surface area (Å²) in [5, 5.41) is 2.95. The van der Waals surface area contributed by atoms with Gasteiger partial charge in [0.2, 0.25) is 0 Å². The van der Waals surface area contributed by atoms with Gasteiger partial charge in [0.1, 0.15) is 5.76 Å². The molecule has 2 aromatic rings. The zero-order chi connectivity index (χ0) is 15.8. The molecule has 1 atom stereocenters. The van der Waals surface area contributed by atoms with E-state index in [0.717, 1.165) is 12.2 Å². The summed E-state index contributed by atoms with van der Waals surface area (Å²) in [6, 6.07) is 13.5. The van der Waals surface area contributed by atoms with Crippen LogP contribution >= 0.6 is 0 Å². The van der Waals surface area contributed by atoms with Gasteiger partial charge in [0.05, 0.1) is 12.3 Å². The highest BCUT2D eigenvalue weighted by atomic mass is 16.3. The molecule has 4 nitrogen and oxygen atoms in total. The van der Waals surface area contributed by atoms with Crippen molar-refractivity contribution >= 4 is 6.03 Å². The first-order chi connectivity index (χ1) is 10.7. The first kappa shape index (κ1) is 15.9. The van der Waals surface area contributed by atoms with Gasteiger partial charge in [0.15, 0.2) is 0 Å². The molecule has 1 unspecified atom stereocenters. The Morgan fingerprint density at radius 1 is 1.32 bits per heavy atom. The van der Waals surface area contributed by atoms with Gasteiger partial charge >= 0.3 is 6.03 Å². The highest BCUT2D eigenvalue weighted by Gasteiger charge is 2.16. The summed E-state index contributed by atoms with van der Waals surface area (Å²) in [6.45, 7) is 6.79. The second-order valence-corrected chi connectivity index (χ2v) is 5.16. The van der Waals surface area contributed by atoms with Crippen LogP contribution in [0.1, 0.15) is 24.3 Å². The van der Waals surface area contributed by atoms with Crippen molar-refractivity contribution in [1.29, 1.82) is 0 Å². The Morgan fingerprint density at radius 2 is 2.09 bits per heavy atom. The molecular formula is C18H22N2O2. The van der Waals surface area contributed by atoms with E-state index in [1.807, 2.05) is 37.3 Å². The summed E-state index contributed by atoms with van der Waals surface area (Å²) in [7, 11) is 0. The first-order valence-electron chi connectivity index (χ1n) is 7.44. The largest absolute Gasteiger partial charge is 0.467 e. The Balaban J connectivity index is 1.91. The van der Waals surface area contributed by atoms with Gasteiger partial charge in [0, 0.05) is 13.1 Å². The molecule has 1 aromatic heterocycles. The number of nitrogens with one attached hydrogen (secondary N) is 1. The number of amides is 2. The average Bonchev–Trinajstić information content (AvgIpc) is 3.07. The van der Waals surface area contributed by atoms with Crippen LogP contribution in [0.15, 0.2) is 65.8 Å². The number of carbonyl (C=O) groups is 1. The third-order valence-electron chi connectivity index (χ3n) is 3.46. The van der Waals surface area contributed by atoms with Crippen LogP contribution in [0.5, 0.6) is 0 Å². The van der Waals surface area contributed by atoms with Crippen molar-refractivity contribution in [3.63, 3.8) is 0 Å². The molecule has 0 spiro atoms. The van der Waals surface area contributed by atoms with E-state index >= 15 is 0 Å². The molecule has 2 rings (SSSR count). The number of furan rings is 1. The third-order valence-corrected chi connectivity index (χ3v) is 3.46. The van der Waals surface area contributed by atoms with Crippen molar-refractivity contribution in [1.82, 2.24) is 10.2 Å². The fourth-order valence-electron chi connectivity index (χ4n) is 2.23. The Labute approximate surface area is 131 Å². The highest BCUT2D eigenvalue weighted by Crippen LogP contribution is 2.12. The molecule has 0 aliphatic heterocycles. The lowest BCUT2D eigenvalue weighted by atomic mass is 10.1. The van der Waals surface area contributed by atoms with Gasteiger partial charge in [-0.25, -0.2) is 4.79 Å². The first-order valence-corrected chi connectivity index (χ1v) is 7.44. The summed E-state index contributed by atoms with van der Waals surface area (Å²) in [5.74, 6) is 0.745. The van der Waals surface area contributed by atoms with Gasteiger partial charge in [-0.2, -0.15) is 0 Å². The molecule has 0 saturated carbocycles. The number of carbonyl (C=O) groups excluding carboxylic acids is 1. The maximum absolute atomic E-state index is 12.4. The van der Waals surface area contributed by atoms with E-state index in [1.54, 1.807) is 17.2 Å². The quantitative estimate of drug-likeness (QED) is 0.791. The normalized spacial score (nSPS) is 11.7. The van der Waals surface area contributed by atoms with E-state index < -0.39 is 0 Å². The molecule has 2 amide bonds. The number of urea groups is 1. The number of benzene rings is 1. The third kappa shape index (κ3) is 4.52. The maximum Gasteiger partial charge on any atom is 0.318 e. The average molecular weight is 298 g/mol. The topological polar surface area (TPSA) is 45.5 Å². The molecule has 0 radical (unpaired) electrons. The molecule has 0 saturated heterocycles. The smallest absolute Gasteiger partial charge is 0.318 e. The van der Waals surface area contributed by atoms with Crippen molar-refractivity contribution < 1.29 is 9.21 Å². The number of hydrogen-bond acceptors (Lipinski definition) is 2. The lowest BCUT2D eigenvalue weighted by Gasteiger charge is -2.23. The summed E-state index contributed by atoms with van der Waals surface area (Å²) in [5.41, 5.74) is 1.21. The minimum absolute atomic E-state index is 0.111. The van der Waals surface area contributed by atoms with Crippen LogP contribution < -0.4 is 5.32 Å². The fourth-order valence-corrected chi connectivity index (χ4v) is 2.23. The number of hydrogen-bond donors (Lipinski definition) is 1. The molecule has 1 aromatic carbocycles. The van der Waals surface area contributed by atoms with Crippen molar-refractivity contribution in [2.45, 2.75) is 19.4 Å². The highest BCUT2D eigenvalue weighted by molar-refractivity contribution is 5.74.